The summed E-state index contributed by atoms with van der Waals surface area (Å²) < 4.78 is 1.88. The molecule has 1 saturated carbocycles. The Labute approximate surface area is 106 Å². The van der Waals surface area contributed by atoms with Crippen molar-refractivity contribution in [2.45, 2.75) is 25.7 Å². The number of ketones is 1. The molecular weight excluding hydrogens is 224 g/mol. The minimum atomic E-state index is 0.207. The molecule has 1 aliphatic carbocycles. The van der Waals surface area contributed by atoms with E-state index in [0.29, 0.717) is 18.1 Å². The van der Waals surface area contributed by atoms with Crippen molar-refractivity contribution in [2.24, 2.45) is 5.92 Å². The summed E-state index contributed by atoms with van der Waals surface area (Å²) in [6.07, 6.45) is 5.56. The van der Waals surface area contributed by atoms with Gasteiger partial charge in [0.05, 0.1) is 11.9 Å². The van der Waals surface area contributed by atoms with E-state index in [1.165, 1.54) is 5.56 Å². The molecule has 0 radical (unpaired) electrons. The van der Waals surface area contributed by atoms with Crippen molar-refractivity contribution in [3.63, 3.8) is 0 Å². The summed E-state index contributed by atoms with van der Waals surface area (Å²) in [5.74, 6) is 0.980. The van der Waals surface area contributed by atoms with Gasteiger partial charge in [0.15, 0.2) is 0 Å². The second kappa shape index (κ2) is 4.41. The van der Waals surface area contributed by atoms with Crippen LogP contribution in [0.3, 0.4) is 0 Å². The molecule has 0 saturated heterocycles. The molecule has 3 heteroatoms. The molecule has 1 fully saturated rings. The molecule has 3 rings (SSSR count). The van der Waals surface area contributed by atoms with Gasteiger partial charge in [0.1, 0.15) is 5.78 Å². The Morgan fingerprint density at radius 1 is 1.33 bits per heavy atom. The van der Waals surface area contributed by atoms with Crippen molar-refractivity contribution in [3.05, 3.63) is 48.3 Å². The molecule has 0 aliphatic heterocycles. The van der Waals surface area contributed by atoms with Crippen molar-refractivity contribution in [1.82, 2.24) is 9.78 Å². The fourth-order valence-corrected chi connectivity index (χ4v) is 2.69. The molecule has 1 heterocycles. The monoisotopic (exact) mass is 240 g/mol. The number of hydrogen-bond donors (Lipinski definition) is 0. The molecule has 1 aliphatic rings. The number of rotatable bonds is 3. The molecule has 1 aromatic heterocycles. The Morgan fingerprint density at radius 2 is 2.11 bits per heavy atom. The first kappa shape index (κ1) is 11.2. The van der Waals surface area contributed by atoms with E-state index >= 15 is 0 Å². The van der Waals surface area contributed by atoms with Gasteiger partial charge in [-0.2, -0.15) is 5.10 Å². The van der Waals surface area contributed by atoms with E-state index in [9.17, 15) is 4.79 Å². The molecule has 2 atom stereocenters. The van der Waals surface area contributed by atoms with E-state index in [1.807, 2.05) is 41.2 Å². The molecule has 3 nitrogen and oxygen atoms in total. The molecule has 0 N–H and O–H groups in total. The molecule has 2 aromatic rings. The predicted molar refractivity (Wildman–Crippen MR) is 69.7 cm³/mol. The number of hydrogen-bond acceptors (Lipinski definition) is 2. The molecule has 92 valence electrons. The quantitative estimate of drug-likeness (QED) is 0.826. The highest BCUT2D eigenvalue weighted by Gasteiger charge is 2.39. The molecule has 1 aromatic carbocycles. The van der Waals surface area contributed by atoms with Crippen LogP contribution in [0.25, 0.3) is 5.69 Å². The number of carbonyl (C=O) groups excluding carboxylic acids is 1. The second-order valence-corrected chi connectivity index (χ2v) is 4.85. The average molecular weight is 240 g/mol. The van der Waals surface area contributed by atoms with Gasteiger partial charge < -0.3 is 0 Å². The summed E-state index contributed by atoms with van der Waals surface area (Å²) in [5, 5.41) is 4.39. The number of aromatic nitrogens is 2. The smallest absolute Gasteiger partial charge is 0.137 e. The number of carbonyl (C=O) groups is 1. The number of para-hydroxylation sites is 1. The lowest BCUT2D eigenvalue weighted by Crippen LogP contribution is -2.34. The second-order valence-electron chi connectivity index (χ2n) is 4.85. The Bertz CT molecular complexity index is 559. The highest BCUT2D eigenvalue weighted by Crippen LogP contribution is 2.41. The van der Waals surface area contributed by atoms with Crippen molar-refractivity contribution < 1.29 is 4.79 Å². The zero-order valence-electron chi connectivity index (χ0n) is 10.4. The van der Waals surface area contributed by atoms with Gasteiger partial charge in [0.2, 0.25) is 0 Å². The van der Waals surface area contributed by atoms with Crippen LogP contribution < -0.4 is 0 Å². The lowest BCUT2D eigenvalue weighted by Gasteiger charge is -2.33. The van der Waals surface area contributed by atoms with E-state index < -0.39 is 0 Å². The van der Waals surface area contributed by atoms with Gasteiger partial charge in [-0.3, -0.25) is 4.79 Å². The molecule has 18 heavy (non-hydrogen) atoms. The minimum Gasteiger partial charge on any atom is -0.299 e. The van der Waals surface area contributed by atoms with E-state index in [4.69, 9.17) is 0 Å². The largest absolute Gasteiger partial charge is 0.299 e. The van der Waals surface area contributed by atoms with E-state index in [-0.39, 0.29) is 5.92 Å². The van der Waals surface area contributed by atoms with E-state index in [0.717, 1.165) is 12.1 Å². The summed E-state index contributed by atoms with van der Waals surface area (Å²) in [7, 11) is 0. The molecule has 0 bridgehead atoms. The normalized spacial score (nSPS) is 22.8. The Hall–Kier alpha value is -1.90. The topological polar surface area (TPSA) is 34.9 Å². The van der Waals surface area contributed by atoms with Gasteiger partial charge in [-0.15, -0.1) is 0 Å². The highest BCUT2D eigenvalue weighted by atomic mass is 16.1. The van der Waals surface area contributed by atoms with Gasteiger partial charge in [0, 0.05) is 24.5 Å². The predicted octanol–water partition coefficient (Wildman–Crippen LogP) is 2.95. The summed E-state index contributed by atoms with van der Waals surface area (Å²) in [6.45, 7) is 2.08. The average Bonchev–Trinajstić information content (AvgIpc) is 2.86. The van der Waals surface area contributed by atoms with Crippen LogP contribution in [0.5, 0.6) is 0 Å². The van der Waals surface area contributed by atoms with Crippen molar-refractivity contribution >= 4 is 5.78 Å². The number of nitrogens with zero attached hydrogens (tertiary/aromatic N) is 2. The van der Waals surface area contributed by atoms with Gasteiger partial charge in [0.25, 0.3) is 0 Å². The maximum absolute atomic E-state index is 11.5. The van der Waals surface area contributed by atoms with Crippen LogP contribution in [-0.4, -0.2) is 15.6 Å². The lowest BCUT2D eigenvalue weighted by molar-refractivity contribution is -0.131. The lowest BCUT2D eigenvalue weighted by atomic mass is 9.68. The van der Waals surface area contributed by atoms with Crippen molar-refractivity contribution in [1.29, 1.82) is 0 Å². The standard InChI is InChI=1S/C15H16N2O/c1-2-13-14(8-15(13)18)11-9-16-17(10-11)12-6-4-3-5-7-12/h3-7,9-10,13-14H,2,8H2,1H3. The van der Waals surface area contributed by atoms with Crippen LogP contribution in [-0.2, 0) is 4.79 Å². The fraction of sp³-hybridized carbons (Fsp3) is 0.333. The Balaban J connectivity index is 1.85. The van der Waals surface area contributed by atoms with E-state index in [2.05, 4.69) is 18.2 Å². The minimum absolute atomic E-state index is 0.207. The maximum atomic E-state index is 11.5. The molecular formula is C15H16N2O. The SMILES string of the molecule is CCC1C(=O)CC1c1cnn(-c2ccccc2)c1. The first-order chi connectivity index (χ1) is 8.79. The summed E-state index contributed by atoms with van der Waals surface area (Å²) in [6, 6.07) is 10.0. The highest BCUT2D eigenvalue weighted by molar-refractivity contribution is 5.89. The zero-order valence-corrected chi connectivity index (χ0v) is 10.4. The van der Waals surface area contributed by atoms with Crippen LogP contribution >= 0.6 is 0 Å². The van der Waals surface area contributed by atoms with Crippen LogP contribution in [0.15, 0.2) is 42.7 Å². The molecule has 2 unspecified atom stereocenters. The Morgan fingerprint density at radius 3 is 2.78 bits per heavy atom. The summed E-state index contributed by atoms with van der Waals surface area (Å²) in [5.41, 5.74) is 2.24. The third-order valence-corrected chi connectivity index (χ3v) is 3.81. The van der Waals surface area contributed by atoms with Crippen molar-refractivity contribution in [3.8, 4) is 5.69 Å². The first-order valence-electron chi connectivity index (χ1n) is 6.42. The maximum Gasteiger partial charge on any atom is 0.137 e. The third kappa shape index (κ3) is 1.76. The van der Waals surface area contributed by atoms with Gasteiger partial charge in [-0.1, -0.05) is 25.1 Å². The van der Waals surface area contributed by atoms with Crippen LogP contribution in [0.1, 0.15) is 31.2 Å². The van der Waals surface area contributed by atoms with Crippen molar-refractivity contribution in [2.75, 3.05) is 0 Å². The van der Waals surface area contributed by atoms with Gasteiger partial charge >= 0.3 is 0 Å². The van der Waals surface area contributed by atoms with Crippen LogP contribution in [0.4, 0.5) is 0 Å². The molecule has 0 amide bonds. The number of Topliss-reactive ketones (excluding diaryl/α,β-unsaturated/α-hetero) is 1. The molecule has 0 spiro atoms. The van der Waals surface area contributed by atoms with Gasteiger partial charge in [-0.25, -0.2) is 4.68 Å². The van der Waals surface area contributed by atoms with E-state index in [1.54, 1.807) is 0 Å². The van der Waals surface area contributed by atoms with Crippen LogP contribution in [0, 0.1) is 5.92 Å². The zero-order chi connectivity index (χ0) is 12.5. The summed E-state index contributed by atoms with van der Waals surface area (Å²) >= 11 is 0. The first-order valence-corrected chi connectivity index (χ1v) is 6.42. The van der Waals surface area contributed by atoms with Gasteiger partial charge in [-0.05, 0) is 24.1 Å². The Kier molecular flexibility index (Phi) is 2.74. The van der Waals surface area contributed by atoms with Crippen LogP contribution in [0.2, 0.25) is 0 Å². The number of benzene rings is 1. The fourth-order valence-electron chi connectivity index (χ4n) is 2.69. The summed E-state index contributed by atoms with van der Waals surface area (Å²) in [4.78, 5) is 11.5. The third-order valence-electron chi connectivity index (χ3n) is 3.81.